The summed E-state index contributed by atoms with van der Waals surface area (Å²) in [6, 6.07) is 30.7. The van der Waals surface area contributed by atoms with Crippen molar-refractivity contribution in [3.05, 3.63) is 125 Å². The zero-order valence-electron chi connectivity index (χ0n) is 32.4. The van der Waals surface area contributed by atoms with Crippen LogP contribution in [0.3, 0.4) is 0 Å². The number of Topliss-reactive ketones (excluding diaryl/α,β-unsaturated/α-hetero) is 1. The van der Waals surface area contributed by atoms with E-state index in [2.05, 4.69) is 15.1 Å². The molecular weight excluding hydrogens is 747 g/mol. The number of hydrogen-bond acceptors (Lipinski definition) is 8. The lowest BCUT2D eigenvalue weighted by molar-refractivity contribution is 0.0991. The molecule has 2 heterocycles. The molecule has 0 radical (unpaired) electrons. The molecule has 0 spiro atoms. The van der Waals surface area contributed by atoms with E-state index < -0.39 is 20.0 Å². The van der Waals surface area contributed by atoms with Gasteiger partial charge in [0.25, 0.3) is 5.91 Å². The zero-order valence-corrected chi connectivity index (χ0v) is 34.0. The topological polar surface area (TPSA) is 127 Å². The second-order valence-electron chi connectivity index (χ2n) is 14.7. The first-order valence-electron chi connectivity index (χ1n) is 19.5. The molecule has 6 rings (SSSR count). The fourth-order valence-electron chi connectivity index (χ4n) is 7.23. The van der Waals surface area contributed by atoms with Gasteiger partial charge in [0.05, 0.1) is 11.5 Å². The van der Waals surface area contributed by atoms with Crippen LogP contribution in [0, 0.1) is 0 Å². The Labute approximate surface area is 332 Å². The van der Waals surface area contributed by atoms with Gasteiger partial charge in [0, 0.05) is 88.7 Å². The van der Waals surface area contributed by atoms with Crippen molar-refractivity contribution in [2.45, 2.75) is 46.2 Å². The van der Waals surface area contributed by atoms with Crippen LogP contribution in [0.25, 0.3) is 11.1 Å². The molecule has 2 aliphatic rings. The number of sulfonamides is 2. The molecule has 2 fully saturated rings. The zero-order chi connectivity index (χ0) is 39.7. The number of benzene rings is 4. The van der Waals surface area contributed by atoms with E-state index in [1.165, 1.54) is 0 Å². The number of carbonyl (C=O) groups is 2. The molecule has 0 atom stereocenters. The number of anilines is 1. The number of hydrogen-bond donors (Lipinski definition) is 1. The van der Waals surface area contributed by atoms with E-state index in [0.29, 0.717) is 88.4 Å². The van der Waals surface area contributed by atoms with E-state index in [4.69, 9.17) is 0 Å². The van der Waals surface area contributed by atoms with Crippen LogP contribution in [0.15, 0.2) is 97.1 Å². The van der Waals surface area contributed by atoms with Gasteiger partial charge >= 0.3 is 0 Å². The van der Waals surface area contributed by atoms with E-state index in [9.17, 15) is 26.4 Å². The normalized spacial score (nSPS) is 16.5. The maximum absolute atomic E-state index is 13.1. The molecule has 0 saturated carbocycles. The highest BCUT2D eigenvalue weighted by Gasteiger charge is 2.27. The van der Waals surface area contributed by atoms with Crippen molar-refractivity contribution in [2.24, 2.45) is 0 Å². The van der Waals surface area contributed by atoms with E-state index in [-0.39, 0.29) is 23.2 Å². The predicted molar refractivity (Wildman–Crippen MR) is 223 cm³/mol. The van der Waals surface area contributed by atoms with Gasteiger partial charge in [0.15, 0.2) is 5.78 Å². The van der Waals surface area contributed by atoms with Crippen molar-refractivity contribution in [1.29, 1.82) is 0 Å². The van der Waals surface area contributed by atoms with Crippen molar-refractivity contribution < 1.29 is 26.4 Å². The van der Waals surface area contributed by atoms with Gasteiger partial charge in [-0.2, -0.15) is 8.61 Å². The van der Waals surface area contributed by atoms with Crippen LogP contribution < -0.4 is 5.32 Å². The number of carbonyl (C=O) groups excluding carboxylic acids is 2. The smallest absolute Gasteiger partial charge is 0.255 e. The van der Waals surface area contributed by atoms with Gasteiger partial charge in [0.1, 0.15) is 0 Å². The third kappa shape index (κ3) is 11.0. The molecular formula is C43H53N5O6S2. The molecule has 1 N–H and O–H groups in total. The average molecular weight is 800 g/mol. The average Bonchev–Trinajstić information content (AvgIpc) is 3.20. The summed E-state index contributed by atoms with van der Waals surface area (Å²) in [5.41, 5.74) is 6.92. The monoisotopic (exact) mass is 799 g/mol. The molecule has 2 saturated heterocycles. The van der Waals surface area contributed by atoms with E-state index in [1.54, 1.807) is 20.7 Å². The molecule has 11 nitrogen and oxygen atoms in total. The number of amides is 1. The Balaban J connectivity index is 0.942. The molecule has 298 valence electrons. The number of nitrogens with zero attached hydrogens (tertiary/aromatic N) is 4. The summed E-state index contributed by atoms with van der Waals surface area (Å²) in [5.74, 6) is 0.223. The summed E-state index contributed by atoms with van der Waals surface area (Å²) in [5, 5.41) is 2.97. The molecule has 56 heavy (non-hydrogen) atoms. The molecule has 0 bridgehead atoms. The lowest BCUT2D eigenvalue weighted by atomic mass is 9.98. The number of rotatable bonds is 16. The maximum atomic E-state index is 13.1. The first-order valence-corrected chi connectivity index (χ1v) is 22.8. The highest BCUT2D eigenvalue weighted by atomic mass is 32.2. The van der Waals surface area contributed by atoms with Crippen molar-refractivity contribution in [2.75, 3.05) is 69.2 Å². The lowest BCUT2D eigenvalue weighted by Gasteiger charge is -2.34. The Morgan fingerprint density at radius 1 is 0.518 bits per heavy atom. The van der Waals surface area contributed by atoms with Crippen LogP contribution in [0.1, 0.15) is 64.1 Å². The van der Waals surface area contributed by atoms with Crippen LogP contribution in [-0.4, -0.2) is 111 Å². The van der Waals surface area contributed by atoms with Gasteiger partial charge in [0.2, 0.25) is 20.0 Å². The van der Waals surface area contributed by atoms with Gasteiger partial charge < -0.3 is 5.32 Å². The molecule has 0 aliphatic carbocycles. The Hall–Kier alpha value is -4.24. The largest absolute Gasteiger partial charge is 0.322 e. The number of nitrogens with one attached hydrogen (secondary N) is 1. The van der Waals surface area contributed by atoms with E-state index in [1.807, 2.05) is 98.8 Å². The van der Waals surface area contributed by atoms with Gasteiger partial charge in [-0.1, -0.05) is 86.6 Å². The van der Waals surface area contributed by atoms with Crippen molar-refractivity contribution in [3.8, 4) is 11.1 Å². The van der Waals surface area contributed by atoms with Gasteiger partial charge in [-0.3, -0.25) is 19.4 Å². The van der Waals surface area contributed by atoms with Crippen LogP contribution in [0.5, 0.6) is 0 Å². The highest BCUT2D eigenvalue weighted by Crippen LogP contribution is 2.23. The summed E-state index contributed by atoms with van der Waals surface area (Å²) in [7, 11) is -6.32. The Morgan fingerprint density at radius 3 is 1.34 bits per heavy atom. The number of ketones is 1. The third-order valence-electron chi connectivity index (χ3n) is 10.5. The fraction of sp³-hybridized carbons (Fsp3) is 0.395. The molecule has 1 amide bonds. The van der Waals surface area contributed by atoms with Crippen molar-refractivity contribution in [3.63, 3.8) is 0 Å². The van der Waals surface area contributed by atoms with Gasteiger partial charge in [-0.15, -0.1) is 0 Å². The molecule has 0 aromatic heterocycles. The Kier molecular flexibility index (Phi) is 13.9. The molecule has 4 aromatic carbocycles. The predicted octanol–water partition coefficient (Wildman–Crippen LogP) is 5.75. The van der Waals surface area contributed by atoms with Gasteiger partial charge in [-0.05, 0) is 64.9 Å². The van der Waals surface area contributed by atoms with E-state index >= 15 is 0 Å². The SMILES string of the molecule is CCCS(=O)(=O)N1CCN(Cc2ccc(CC(=O)c3ccc(-c4ccc(C(=O)Nc5ccc(CN6CCN(S(=O)(=O)CCC)CC6)cc5)cc4)cc3)cc2)CC1. The number of piperazine rings is 2. The minimum atomic E-state index is -3.16. The van der Waals surface area contributed by atoms with Crippen LogP contribution in [-0.2, 0) is 39.6 Å². The van der Waals surface area contributed by atoms with Crippen molar-refractivity contribution >= 4 is 37.4 Å². The van der Waals surface area contributed by atoms with E-state index in [0.717, 1.165) is 40.9 Å². The Morgan fingerprint density at radius 2 is 0.911 bits per heavy atom. The summed E-state index contributed by atoms with van der Waals surface area (Å²) in [4.78, 5) is 30.7. The second-order valence-corrected chi connectivity index (χ2v) is 18.9. The minimum absolute atomic E-state index is 0.0343. The quantitative estimate of drug-likeness (QED) is 0.142. The lowest BCUT2D eigenvalue weighted by Crippen LogP contribution is -2.48. The summed E-state index contributed by atoms with van der Waals surface area (Å²) in [6.45, 7) is 10.1. The highest BCUT2D eigenvalue weighted by molar-refractivity contribution is 7.89. The standard InChI is InChI=1S/C43H53N5O6S2/c1-3-29-55(51,52)47-25-21-45(22-26-47)32-35-7-5-34(6-8-35)31-42(49)39-15-11-37(12-16-39)38-13-17-40(18-14-38)43(50)44-41-19-9-36(10-20-41)33-46-23-27-48(28-24-46)56(53,54)30-4-2/h5-20H,3-4,21-33H2,1-2H3,(H,44,50). The summed E-state index contributed by atoms with van der Waals surface area (Å²) in [6.07, 6.45) is 1.54. The molecule has 0 unspecified atom stereocenters. The van der Waals surface area contributed by atoms with Crippen molar-refractivity contribution in [1.82, 2.24) is 18.4 Å². The minimum Gasteiger partial charge on any atom is -0.322 e. The Bertz CT molecular complexity index is 1990. The fourth-order valence-corrected chi connectivity index (χ4v) is 10.2. The molecule has 2 aliphatic heterocycles. The first kappa shape index (κ1) is 41.4. The maximum Gasteiger partial charge on any atom is 0.255 e. The van der Waals surface area contributed by atoms with Crippen LogP contribution >= 0.6 is 0 Å². The third-order valence-corrected chi connectivity index (χ3v) is 14.6. The summed E-state index contributed by atoms with van der Waals surface area (Å²) < 4.78 is 52.7. The van der Waals surface area contributed by atoms with Gasteiger partial charge in [-0.25, -0.2) is 16.8 Å². The summed E-state index contributed by atoms with van der Waals surface area (Å²) >= 11 is 0. The second kappa shape index (κ2) is 18.8. The molecule has 13 heteroatoms. The first-order chi connectivity index (χ1) is 26.9. The molecule has 4 aromatic rings. The van der Waals surface area contributed by atoms with Crippen LogP contribution in [0.4, 0.5) is 5.69 Å². The van der Waals surface area contributed by atoms with Crippen LogP contribution in [0.2, 0.25) is 0 Å².